The summed E-state index contributed by atoms with van der Waals surface area (Å²) in [7, 11) is 0. The molecule has 0 unspecified atom stereocenters. The van der Waals surface area contributed by atoms with E-state index in [1.807, 2.05) is 39.5 Å². The van der Waals surface area contributed by atoms with E-state index in [-0.39, 0.29) is 21.8 Å². The van der Waals surface area contributed by atoms with Gasteiger partial charge in [-0.3, -0.25) is 10.1 Å². The first-order valence-corrected chi connectivity index (χ1v) is 7.50. The summed E-state index contributed by atoms with van der Waals surface area (Å²) in [6.07, 6.45) is 0. The summed E-state index contributed by atoms with van der Waals surface area (Å²) in [6.45, 7) is 11.4. The van der Waals surface area contributed by atoms with Gasteiger partial charge in [-0.2, -0.15) is 0 Å². The van der Waals surface area contributed by atoms with Gasteiger partial charge in [0.25, 0.3) is 0 Å². The molecule has 1 saturated heterocycles. The monoisotopic (exact) mass is 308 g/mol. The predicted molar refractivity (Wildman–Crippen MR) is 85.7 cm³/mol. The number of benzene rings is 1. The Balaban J connectivity index is 2.47. The van der Waals surface area contributed by atoms with E-state index in [4.69, 9.17) is 9.47 Å². The van der Waals surface area contributed by atoms with E-state index in [0.29, 0.717) is 31.1 Å². The molecule has 22 heavy (non-hydrogen) atoms. The summed E-state index contributed by atoms with van der Waals surface area (Å²) in [4.78, 5) is 13.2. The van der Waals surface area contributed by atoms with Gasteiger partial charge in [0.2, 0.25) is 0 Å². The number of para-hydroxylation sites is 1. The first-order chi connectivity index (χ1) is 10.2. The molecule has 1 aromatic carbocycles. The van der Waals surface area contributed by atoms with Crippen molar-refractivity contribution in [2.75, 3.05) is 24.6 Å². The first-order valence-electron chi connectivity index (χ1n) is 7.50. The van der Waals surface area contributed by atoms with Gasteiger partial charge in [0, 0.05) is 13.1 Å². The molecule has 6 heteroatoms. The zero-order valence-electron chi connectivity index (χ0n) is 13.9. The SMILES string of the molecule is CCOc1cccc(N2CC(C)(C)OC(C)(C)C2)c1[N+](=O)[O-]. The molecule has 0 spiro atoms. The van der Waals surface area contributed by atoms with Gasteiger partial charge in [-0.05, 0) is 46.8 Å². The van der Waals surface area contributed by atoms with Crippen LogP contribution in [0.25, 0.3) is 0 Å². The molecule has 1 heterocycles. The largest absolute Gasteiger partial charge is 0.487 e. The second-order valence-electron chi connectivity index (χ2n) is 6.79. The van der Waals surface area contributed by atoms with Crippen LogP contribution < -0.4 is 9.64 Å². The van der Waals surface area contributed by atoms with Crippen molar-refractivity contribution in [3.05, 3.63) is 28.3 Å². The lowest BCUT2D eigenvalue weighted by molar-refractivity contribution is -0.385. The van der Waals surface area contributed by atoms with Crippen molar-refractivity contribution in [1.82, 2.24) is 0 Å². The number of morpholine rings is 1. The summed E-state index contributed by atoms with van der Waals surface area (Å²) in [5.74, 6) is 0.312. The zero-order valence-corrected chi connectivity index (χ0v) is 13.9. The number of rotatable bonds is 4. The van der Waals surface area contributed by atoms with Crippen molar-refractivity contribution < 1.29 is 14.4 Å². The summed E-state index contributed by atoms with van der Waals surface area (Å²) in [5, 5.41) is 11.6. The van der Waals surface area contributed by atoms with E-state index in [0.717, 1.165) is 0 Å². The maximum absolute atomic E-state index is 11.6. The van der Waals surface area contributed by atoms with Crippen molar-refractivity contribution in [2.45, 2.75) is 45.8 Å². The minimum atomic E-state index is -0.378. The number of anilines is 1. The van der Waals surface area contributed by atoms with Crippen LogP contribution in [0.2, 0.25) is 0 Å². The van der Waals surface area contributed by atoms with Crippen LogP contribution in [-0.2, 0) is 4.74 Å². The van der Waals surface area contributed by atoms with Gasteiger partial charge in [-0.15, -0.1) is 0 Å². The zero-order chi connectivity index (χ0) is 16.5. The molecule has 1 fully saturated rings. The van der Waals surface area contributed by atoms with Crippen molar-refractivity contribution in [2.24, 2.45) is 0 Å². The highest BCUT2D eigenvalue weighted by Gasteiger charge is 2.40. The van der Waals surface area contributed by atoms with Gasteiger partial charge in [0.1, 0.15) is 5.69 Å². The van der Waals surface area contributed by atoms with Crippen molar-refractivity contribution in [3.8, 4) is 5.75 Å². The normalized spacial score (nSPS) is 19.8. The highest BCUT2D eigenvalue weighted by atomic mass is 16.6. The van der Waals surface area contributed by atoms with Crippen LogP contribution in [-0.4, -0.2) is 35.8 Å². The maximum atomic E-state index is 11.6. The fourth-order valence-corrected chi connectivity index (χ4v) is 3.18. The van der Waals surface area contributed by atoms with Crippen LogP contribution in [0.3, 0.4) is 0 Å². The third kappa shape index (κ3) is 3.50. The van der Waals surface area contributed by atoms with E-state index < -0.39 is 0 Å². The summed E-state index contributed by atoms with van der Waals surface area (Å²) in [5.41, 5.74) is -0.146. The quantitative estimate of drug-likeness (QED) is 0.630. The fourth-order valence-electron chi connectivity index (χ4n) is 3.18. The molecule has 6 nitrogen and oxygen atoms in total. The second-order valence-corrected chi connectivity index (χ2v) is 6.79. The van der Waals surface area contributed by atoms with Crippen LogP contribution >= 0.6 is 0 Å². The van der Waals surface area contributed by atoms with Crippen molar-refractivity contribution in [1.29, 1.82) is 0 Å². The molecular weight excluding hydrogens is 284 g/mol. The Labute approximate surface area is 131 Å². The molecule has 0 aliphatic carbocycles. The molecule has 0 atom stereocenters. The van der Waals surface area contributed by atoms with Crippen LogP contribution in [0.5, 0.6) is 5.75 Å². The molecule has 0 radical (unpaired) electrons. The lowest BCUT2D eigenvalue weighted by Gasteiger charge is -2.47. The summed E-state index contributed by atoms with van der Waals surface area (Å²) < 4.78 is 11.5. The third-order valence-corrected chi connectivity index (χ3v) is 3.50. The highest BCUT2D eigenvalue weighted by molar-refractivity contribution is 5.70. The molecule has 122 valence electrons. The Morgan fingerprint density at radius 1 is 1.27 bits per heavy atom. The van der Waals surface area contributed by atoms with Crippen molar-refractivity contribution >= 4 is 11.4 Å². The van der Waals surface area contributed by atoms with E-state index in [1.54, 1.807) is 18.2 Å². The Kier molecular flexibility index (Phi) is 4.33. The average Bonchev–Trinajstić information content (AvgIpc) is 2.34. The third-order valence-electron chi connectivity index (χ3n) is 3.50. The minimum absolute atomic E-state index is 0.0258. The number of nitro groups is 1. The number of nitro benzene ring substituents is 1. The highest BCUT2D eigenvalue weighted by Crippen LogP contribution is 2.40. The van der Waals surface area contributed by atoms with Crippen LogP contribution in [0.1, 0.15) is 34.6 Å². The first kappa shape index (κ1) is 16.5. The predicted octanol–water partition coefficient (Wildman–Crippen LogP) is 3.39. The molecule has 0 amide bonds. The number of nitrogens with zero attached hydrogens (tertiary/aromatic N) is 2. The van der Waals surface area contributed by atoms with E-state index in [9.17, 15) is 10.1 Å². The maximum Gasteiger partial charge on any atom is 0.333 e. The lowest BCUT2D eigenvalue weighted by atomic mass is 9.98. The Morgan fingerprint density at radius 2 is 1.86 bits per heavy atom. The molecule has 1 aliphatic rings. The molecule has 0 aromatic heterocycles. The van der Waals surface area contributed by atoms with E-state index in [2.05, 4.69) is 0 Å². The van der Waals surface area contributed by atoms with Crippen LogP contribution in [0.15, 0.2) is 18.2 Å². The summed E-state index contributed by atoms with van der Waals surface area (Å²) >= 11 is 0. The Hall–Kier alpha value is -1.82. The standard InChI is InChI=1S/C16H24N2O4/c1-6-21-13-9-7-8-12(14(13)18(19)20)17-10-15(2,3)22-16(4,5)11-17/h7-9H,6,10-11H2,1-5H3. The number of ether oxygens (including phenoxy) is 2. The van der Waals surface area contributed by atoms with Crippen molar-refractivity contribution in [3.63, 3.8) is 0 Å². The molecule has 1 aliphatic heterocycles. The smallest absolute Gasteiger partial charge is 0.333 e. The van der Waals surface area contributed by atoms with E-state index >= 15 is 0 Å². The number of hydrogen-bond donors (Lipinski definition) is 0. The molecular formula is C16H24N2O4. The lowest BCUT2D eigenvalue weighted by Crippen LogP contribution is -2.57. The van der Waals surface area contributed by atoms with Gasteiger partial charge in [-0.25, -0.2) is 0 Å². The molecule has 0 N–H and O–H groups in total. The van der Waals surface area contributed by atoms with Gasteiger partial charge in [-0.1, -0.05) is 6.07 Å². The van der Waals surface area contributed by atoms with E-state index in [1.165, 1.54) is 0 Å². The average molecular weight is 308 g/mol. The van der Waals surface area contributed by atoms with Gasteiger partial charge < -0.3 is 14.4 Å². The molecule has 2 rings (SSSR count). The van der Waals surface area contributed by atoms with Crippen LogP contribution in [0, 0.1) is 10.1 Å². The summed E-state index contributed by atoms with van der Waals surface area (Å²) in [6, 6.07) is 5.21. The second kappa shape index (κ2) is 5.76. The minimum Gasteiger partial charge on any atom is -0.487 e. The topological polar surface area (TPSA) is 64.8 Å². The number of hydrogen-bond acceptors (Lipinski definition) is 5. The molecule has 1 aromatic rings. The molecule has 0 saturated carbocycles. The Morgan fingerprint density at radius 3 is 2.36 bits per heavy atom. The Bertz CT molecular complexity index is 553. The fraction of sp³-hybridized carbons (Fsp3) is 0.625. The van der Waals surface area contributed by atoms with Gasteiger partial charge >= 0.3 is 5.69 Å². The van der Waals surface area contributed by atoms with Crippen LogP contribution in [0.4, 0.5) is 11.4 Å². The van der Waals surface area contributed by atoms with Gasteiger partial charge in [0.05, 0.1) is 22.7 Å². The molecule has 0 bridgehead atoms. The van der Waals surface area contributed by atoms with Gasteiger partial charge in [0.15, 0.2) is 5.75 Å².